The van der Waals surface area contributed by atoms with Crippen LogP contribution in [-0.2, 0) is 6.42 Å². The van der Waals surface area contributed by atoms with Crippen LogP contribution in [0.2, 0.25) is 0 Å². The Hall–Kier alpha value is -1.82. The van der Waals surface area contributed by atoms with Crippen molar-refractivity contribution in [2.45, 2.75) is 33.6 Å². The first-order valence-corrected chi connectivity index (χ1v) is 7.19. The standard InChI is InChI=1S/C17H16.C2H6/c1-13-5-4-8-15(11-13)17-10-9-14-6-2-3-7-16(14)12-17;1-2/h3-5,7-12H,2,6H2,1H3;1-2H3. The van der Waals surface area contributed by atoms with Gasteiger partial charge < -0.3 is 0 Å². The van der Waals surface area contributed by atoms with E-state index in [1.807, 2.05) is 13.8 Å². The number of rotatable bonds is 1. The van der Waals surface area contributed by atoms with Crippen LogP contribution in [0.5, 0.6) is 0 Å². The Bertz CT molecular complexity index is 576. The lowest BCUT2D eigenvalue weighted by molar-refractivity contribution is 0.986. The molecular formula is C19H22. The van der Waals surface area contributed by atoms with Crippen molar-refractivity contribution in [2.75, 3.05) is 0 Å². The lowest BCUT2D eigenvalue weighted by Gasteiger charge is -2.12. The van der Waals surface area contributed by atoms with Crippen LogP contribution in [0, 0.1) is 6.92 Å². The molecule has 0 unspecified atom stereocenters. The molecule has 0 N–H and O–H groups in total. The van der Waals surface area contributed by atoms with Crippen molar-refractivity contribution < 1.29 is 0 Å². The summed E-state index contributed by atoms with van der Waals surface area (Å²) in [5, 5.41) is 0. The third kappa shape index (κ3) is 3.14. The van der Waals surface area contributed by atoms with Gasteiger partial charge in [0, 0.05) is 0 Å². The third-order valence-electron chi connectivity index (χ3n) is 3.38. The predicted octanol–water partition coefficient (Wildman–Crippen LogP) is 5.65. The monoisotopic (exact) mass is 250 g/mol. The van der Waals surface area contributed by atoms with Crippen LogP contribution in [0.15, 0.2) is 48.5 Å². The van der Waals surface area contributed by atoms with E-state index in [0.29, 0.717) is 0 Å². The summed E-state index contributed by atoms with van der Waals surface area (Å²) in [4.78, 5) is 0. The van der Waals surface area contributed by atoms with Crippen LogP contribution < -0.4 is 0 Å². The summed E-state index contributed by atoms with van der Waals surface area (Å²) >= 11 is 0. The maximum atomic E-state index is 2.31. The Labute approximate surface area is 116 Å². The molecule has 19 heavy (non-hydrogen) atoms. The van der Waals surface area contributed by atoms with E-state index >= 15 is 0 Å². The first-order chi connectivity index (χ1) is 9.33. The first-order valence-electron chi connectivity index (χ1n) is 7.19. The Morgan fingerprint density at radius 2 is 1.68 bits per heavy atom. The number of allylic oxidation sites excluding steroid dienone is 1. The van der Waals surface area contributed by atoms with Gasteiger partial charge in [0.1, 0.15) is 0 Å². The summed E-state index contributed by atoms with van der Waals surface area (Å²) < 4.78 is 0. The molecular weight excluding hydrogens is 228 g/mol. The van der Waals surface area contributed by atoms with E-state index in [0.717, 1.165) is 0 Å². The van der Waals surface area contributed by atoms with Crippen molar-refractivity contribution in [2.24, 2.45) is 0 Å². The van der Waals surface area contributed by atoms with Gasteiger partial charge in [0.15, 0.2) is 0 Å². The normalized spacial score (nSPS) is 12.4. The minimum Gasteiger partial charge on any atom is -0.0836 e. The molecule has 0 saturated carbocycles. The van der Waals surface area contributed by atoms with E-state index in [-0.39, 0.29) is 0 Å². The fraction of sp³-hybridized carbons (Fsp3) is 0.263. The van der Waals surface area contributed by atoms with Crippen molar-refractivity contribution in [1.29, 1.82) is 0 Å². The van der Waals surface area contributed by atoms with Gasteiger partial charge in [-0.3, -0.25) is 0 Å². The lowest BCUT2D eigenvalue weighted by atomic mass is 9.93. The largest absolute Gasteiger partial charge is 0.0836 e. The van der Waals surface area contributed by atoms with Gasteiger partial charge in [-0.05, 0) is 48.1 Å². The molecule has 0 bridgehead atoms. The zero-order valence-electron chi connectivity index (χ0n) is 12.1. The van der Waals surface area contributed by atoms with E-state index < -0.39 is 0 Å². The van der Waals surface area contributed by atoms with Gasteiger partial charge in [0.2, 0.25) is 0 Å². The zero-order valence-corrected chi connectivity index (χ0v) is 12.1. The summed E-state index contributed by atoms with van der Waals surface area (Å²) in [7, 11) is 0. The van der Waals surface area contributed by atoms with Gasteiger partial charge in [-0.15, -0.1) is 0 Å². The smallest absolute Gasteiger partial charge is 0.0178 e. The highest BCUT2D eigenvalue weighted by Gasteiger charge is 2.06. The number of fused-ring (bicyclic) bond motifs is 1. The Kier molecular flexibility index (Phi) is 4.57. The van der Waals surface area contributed by atoms with Crippen LogP contribution in [-0.4, -0.2) is 0 Å². The van der Waals surface area contributed by atoms with E-state index in [2.05, 4.69) is 61.5 Å². The molecule has 0 fully saturated rings. The fourth-order valence-corrected chi connectivity index (χ4v) is 2.43. The molecule has 0 amide bonds. The fourth-order valence-electron chi connectivity index (χ4n) is 2.43. The zero-order chi connectivity index (χ0) is 13.7. The Morgan fingerprint density at radius 3 is 2.47 bits per heavy atom. The van der Waals surface area contributed by atoms with E-state index in [4.69, 9.17) is 0 Å². The van der Waals surface area contributed by atoms with Gasteiger partial charge in [-0.1, -0.05) is 68.0 Å². The minimum atomic E-state index is 1.18. The van der Waals surface area contributed by atoms with Crippen molar-refractivity contribution in [3.63, 3.8) is 0 Å². The summed E-state index contributed by atoms with van der Waals surface area (Å²) in [5.74, 6) is 0. The second-order valence-corrected chi connectivity index (χ2v) is 4.72. The Morgan fingerprint density at radius 1 is 0.895 bits per heavy atom. The molecule has 98 valence electrons. The van der Waals surface area contributed by atoms with E-state index in [1.165, 1.54) is 40.7 Å². The highest BCUT2D eigenvalue weighted by Crippen LogP contribution is 2.26. The quantitative estimate of drug-likeness (QED) is 0.613. The molecule has 0 nitrogen and oxygen atoms in total. The van der Waals surface area contributed by atoms with E-state index in [9.17, 15) is 0 Å². The summed E-state index contributed by atoms with van der Waals surface area (Å²) in [6.45, 7) is 6.14. The second kappa shape index (κ2) is 6.38. The van der Waals surface area contributed by atoms with Crippen LogP contribution in [0.3, 0.4) is 0 Å². The molecule has 0 aliphatic heterocycles. The van der Waals surface area contributed by atoms with Crippen LogP contribution in [0.25, 0.3) is 17.2 Å². The van der Waals surface area contributed by atoms with Crippen molar-refractivity contribution in [3.8, 4) is 11.1 Å². The molecule has 3 rings (SSSR count). The van der Waals surface area contributed by atoms with Crippen LogP contribution in [0.1, 0.15) is 37.0 Å². The highest BCUT2D eigenvalue weighted by atomic mass is 14.1. The number of benzene rings is 2. The molecule has 0 heterocycles. The molecule has 0 heteroatoms. The molecule has 0 radical (unpaired) electrons. The minimum absolute atomic E-state index is 1.18. The maximum Gasteiger partial charge on any atom is -0.0178 e. The molecule has 0 aromatic heterocycles. The molecule has 2 aromatic rings. The van der Waals surface area contributed by atoms with Gasteiger partial charge in [0.25, 0.3) is 0 Å². The van der Waals surface area contributed by atoms with Crippen molar-refractivity contribution in [1.82, 2.24) is 0 Å². The SMILES string of the molecule is CC.Cc1cccc(-c2ccc3c(c2)C=CCC3)c1. The summed E-state index contributed by atoms with van der Waals surface area (Å²) in [6, 6.07) is 15.5. The van der Waals surface area contributed by atoms with Gasteiger partial charge in [0.05, 0.1) is 0 Å². The molecule has 1 aliphatic carbocycles. The Balaban J connectivity index is 0.000000637. The second-order valence-electron chi connectivity index (χ2n) is 4.72. The van der Waals surface area contributed by atoms with E-state index in [1.54, 1.807) is 0 Å². The average molecular weight is 250 g/mol. The van der Waals surface area contributed by atoms with Gasteiger partial charge >= 0.3 is 0 Å². The van der Waals surface area contributed by atoms with Crippen molar-refractivity contribution >= 4 is 6.08 Å². The third-order valence-corrected chi connectivity index (χ3v) is 3.38. The summed E-state index contributed by atoms with van der Waals surface area (Å²) in [6.07, 6.45) is 6.87. The van der Waals surface area contributed by atoms with Gasteiger partial charge in [-0.25, -0.2) is 0 Å². The molecule has 0 spiro atoms. The molecule has 0 atom stereocenters. The first kappa shape index (κ1) is 13.6. The number of hydrogen-bond acceptors (Lipinski definition) is 0. The van der Waals surface area contributed by atoms with Gasteiger partial charge in [-0.2, -0.15) is 0 Å². The highest BCUT2D eigenvalue weighted by molar-refractivity contribution is 5.70. The number of aryl methyl sites for hydroxylation is 2. The maximum absolute atomic E-state index is 2.31. The topological polar surface area (TPSA) is 0 Å². The van der Waals surface area contributed by atoms with Crippen LogP contribution >= 0.6 is 0 Å². The molecule has 2 aromatic carbocycles. The predicted molar refractivity (Wildman–Crippen MR) is 85.3 cm³/mol. The van der Waals surface area contributed by atoms with Crippen LogP contribution in [0.4, 0.5) is 0 Å². The molecule has 0 saturated heterocycles. The lowest BCUT2D eigenvalue weighted by Crippen LogP contribution is -1.94. The average Bonchev–Trinajstić information content (AvgIpc) is 2.49. The summed E-state index contributed by atoms with van der Waals surface area (Å²) in [5.41, 5.74) is 6.81. The number of hydrogen-bond donors (Lipinski definition) is 0. The van der Waals surface area contributed by atoms with Crippen molar-refractivity contribution in [3.05, 3.63) is 65.2 Å². The molecule has 1 aliphatic rings.